The van der Waals surface area contributed by atoms with Crippen LogP contribution in [0.4, 0.5) is 0 Å². The van der Waals surface area contributed by atoms with Crippen molar-refractivity contribution >= 4 is 5.91 Å². The van der Waals surface area contributed by atoms with E-state index in [4.69, 9.17) is 14.2 Å². The van der Waals surface area contributed by atoms with Crippen LogP contribution < -0.4 is 14.8 Å². The first kappa shape index (κ1) is 19.6. The molecule has 2 fully saturated rings. The highest BCUT2D eigenvalue weighted by molar-refractivity contribution is 5.97. The van der Waals surface area contributed by atoms with Crippen molar-refractivity contribution in [3.05, 3.63) is 35.5 Å². The first-order chi connectivity index (χ1) is 14.2. The molecule has 3 aliphatic rings. The van der Waals surface area contributed by atoms with E-state index in [1.807, 2.05) is 23.1 Å². The van der Waals surface area contributed by atoms with Crippen LogP contribution in [0, 0.1) is 11.3 Å². The fourth-order valence-corrected chi connectivity index (χ4v) is 3.78. The van der Waals surface area contributed by atoms with Gasteiger partial charge in [0.05, 0.1) is 6.10 Å². The Morgan fingerprint density at radius 1 is 1.24 bits per heavy atom. The Bertz CT molecular complexity index is 805. The Morgan fingerprint density at radius 2 is 2.07 bits per heavy atom. The second-order valence-electron chi connectivity index (χ2n) is 7.50. The molecule has 1 aromatic rings. The van der Waals surface area contributed by atoms with Gasteiger partial charge in [-0.05, 0) is 30.5 Å². The number of carbonyl (C=O) groups excluding carboxylic acids is 1. The van der Waals surface area contributed by atoms with Gasteiger partial charge in [-0.15, -0.1) is 0 Å². The number of hydrogen-bond acceptors (Lipinski definition) is 7. The maximum absolute atomic E-state index is 12.3. The van der Waals surface area contributed by atoms with Gasteiger partial charge in [0.15, 0.2) is 11.5 Å². The molecule has 0 aromatic heterocycles. The highest BCUT2D eigenvalue weighted by atomic mass is 16.7. The maximum atomic E-state index is 12.3. The van der Waals surface area contributed by atoms with Gasteiger partial charge < -0.3 is 24.4 Å². The minimum Gasteiger partial charge on any atom is -0.454 e. The number of nitrogens with zero attached hydrogens (tertiary/aromatic N) is 3. The topological polar surface area (TPSA) is 87.1 Å². The number of nitriles is 1. The molecule has 0 aliphatic carbocycles. The van der Waals surface area contributed by atoms with E-state index in [1.54, 1.807) is 6.20 Å². The normalized spacial score (nSPS) is 21.8. The van der Waals surface area contributed by atoms with Crippen molar-refractivity contribution in [2.75, 3.05) is 46.1 Å². The van der Waals surface area contributed by atoms with E-state index in [9.17, 15) is 10.1 Å². The van der Waals surface area contributed by atoms with Gasteiger partial charge >= 0.3 is 0 Å². The fourth-order valence-electron chi connectivity index (χ4n) is 3.78. The third-order valence-corrected chi connectivity index (χ3v) is 5.44. The van der Waals surface area contributed by atoms with E-state index in [2.05, 4.69) is 16.3 Å². The van der Waals surface area contributed by atoms with E-state index in [-0.39, 0.29) is 24.4 Å². The molecule has 0 saturated carbocycles. The smallest absolute Gasteiger partial charge is 0.263 e. The molecule has 1 atom stereocenters. The average Bonchev–Trinajstić information content (AvgIpc) is 3.43. The van der Waals surface area contributed by atoms with E-state index in [0.29, 0.717) is 6.54 Å². The molecule has 4 rings (SSSR count). The number of rotatable bonds is 6. The number of fused-ring (bicyclic) bond motifs is 1. The lowest BCUT2D eigenvalue weighted by Crippen LogP contribution is -2.44. The Morgan fingerprint density at radius 3 is 2.83 bits per heavy atom. The summed E-state index contributed by atoms with van der Waals surface area (Å²) < 4.78 is 16.3. The summed E-state index contributed by atoms with van der Waals surface area (Å²) in [5.74, 6) is 1.27. The number of nitrogens with one attached hydrogen (secondary N) is 1. The zero-order chi connectivity index (χ0) is 20.1. The number of amides is 1. The van der Waals surface area contributed by atoms with Crippen molar-refractivity contribution in [2.45, 2.75) is 25.5 Å². The lowest BCUT2D eigenvalue weighted by atomic mass is 10.1. The molecule has 1 amide bonds. The van der Waals surface area contributed by atoms with Crippen molar-refractivity contribution in [1.29, 1.82) is 5.26 Å². The zero-order valence-electron chi connectivity index (χ0n) is 16.4. The first-order valence-electron chi connectivity index (χ1n) is 10.1. The Balaban J connectivity index is 1.25. The van der Waals surface area contributed by atoms with Gasteiger partial charge in [0.25, 0.3) is 5.91 Å². The molecule has 0 spiro atoms. The lowest BCUT2D eigenvalue weighted by molar-refractivity contribution is -0.117. The number of hydrogen-bond donors (Lipinski definition) is 1. The molecule has 3 aliphatic heterocycles. The summed E-state index contributed by atoms with van der Waals surface area (Å²) in [5.41, 5.74) is 1.33. The average molecular weight is 398 g/mol. The summed E-state index contributed by atoms with van der Waals surface area (Å²) in [6, 6.07) is 8.07. The molecule has 2 saturated heterocycles. The number of ether oxygens (including phenoxy) is 3. The molecule has 1 aromatic carbocycles. The number of piperazine rings is 1. The van der Waals surface area contributed by atoms with Gasteiger partial charge in [-0.3, -0.25) is 9.69 Å². The fraction of sp³-hybridized carbons (Fsp3) is 0.524. The predicted octanol–water partition coefficient (Wildman–Crippen LogP) is 1.24. The van der Waals surface area contributed by atoms with Crippen LogP contribution in [-0.4, -0.2) is 67.9 Å². The largest absolute Gasteiger partial charge is 0.454 e. The third-order valence-electron chi connectivity index (χ3n) is 5.44. The van der Waals surface area contributed by atoms with Crippen LogP contribution in [0.5, 0.6) is 11.5 Å². The minimum atomic E-state index is -0.328. The van der Waals surface area contributed by atoms with Crippen LogP contribution in [0.1, 0.15) is 18.4 Å². The lowest BCUT2D eigenvalue weighted by Gasteiger charge is -2.34. The molecule has 0 bridgehead atoms. The molecule has 8 heteroatoms. The molecule has 8 nitrogen and oxygen atoms in total. The molecule has 1 N–H and O–H groups in total. The van der Waals surface area contributed by atoms with Gasteiger partial charge in [0.2, 0.25) is 6.79 Å². The van der Waals surface area contributed by atoms with Gasteiger partial charge in [-0.2, -0.15) is 5.26 Å². The van der Waals surface area contributed by atoms with Gasteiger partial charge in [0.1, 0.15) is 11.6 Å². The van der Waals surface area contributed by atoms with E-state index in [1.165, 1.54) is 5.56 Å². The molecule has 0 radical (unpaired) electrons. The molecule has 154 valence electrons. The number of carbonyl (C=O) groups is 1. The van der Waals surface area contributed by atoms with E-state index < -0.39 is 0 Å². The van der Waals surface area contributed by atoms with Crippen LogP contribution in [0.3, 0.4) is 0 Å². The predicted molar refractivity (Wildman–Crippen MR) is 105 cm³/mol. The Labute approximate surface area is 170 Å². The van der Waals surface area contributed by atoms with E-state index in [0.717, 1.165) is 63.7 Å². The molecular formula is C21H26N4O4. The highest BCUT2D eigenvalue weighted by Gasteiger charge is 2.20. The van der Waals surface area contributed by atoms with Crippen LogP contribution in [0.2, 0.25) is 0 Å². The second kappa shape index (κ2) is 9.16. The van der Waals surface area contributed by atoms with Gasteiger partial charge in [-0.1, -0.05) is 6.07 Å². The summed E-state index contributed by atoms with van der Waals surface area (Å²) in [7, 11) is 0. The zero-order valence-corrected chi connectivity index (χ0v) is 16.4. The summed E-state index contributed by atoms with van der Waals surface area (Å²) in [6.07, 6.45) is 3.73. The Hall–Kier alpha value is -2.76. The highest BCUT2D eigenvalue weighted by Crippen LogP contribution is 2.32. The minimum absolute atomic E-state index is 0.0682. The summed E-state index contributed by atoms with van der Waals surface area (Å²) in [4.78, 5) is 16.7. The van der Waals surface area contributed by atoms with Crippen molar-refractivity contribution in [3.8, 4) is 17.6 Å². The SMILES string of the molecule is N#C/C(=C/N1CCN(Cc2ccc3c(c2)OCO3)CC1)C(=O)NCC1CCCO1. The molecule has 3 heterocycles. The monoisotopic (exact) mass is 398 g/mol. The third kappa shape index (κ3) is 5.00. The summed E-state index contributed by atoms with van der Waals surface area (Å²) in [6.45, 7) is 5.60. The number of benzene rings is 1. The van der Waals surface area contributed by atoms with Crippen LogP contribution in [0.25, 0.3) is 0 Å². The van der Waals surface area contributed by atoms with Crippen molar-refractivity contribution < 1.29 is 19.0 Å². The maximum Gasteiger partial charge on any atom is 0.263 e. The summed E-state index contributed by atoms with van der Waals surface area (Å²) >= 11 is 0. The molecular weight excluding hydrogens is 372 g/mol. The Kier molecular flexibility index (Phi) is 6.17. The summed E-state index contributed by atoms with van der Waals surface area (Å²) in [5, 5.41) is 12.2. The second-order valence-corrected chi connectivity index (χ2v) is 7.50. The van der Waals surface area contributed by atoms with E-state index >= 15 is 0 Å². The van der Waals surface area contributed by atoms with Crippen LogP contribution in [0.15, 0.2) is 30.0 Å². The molecule has 1 unspecified atom stereocenters. The first-order valence-corrected chi connectivity index (χ1v) is 10.1. The van der Waals surface area contributed by atoms with Gasteiger partial charge in [0, 0.05) is 52.1 Å². The standard InChI is InChI=1S/C21H26N4O4/c22-11-17(21(26)23-12-18-2-1-9-27-18)14-25-7-5-24(6-8-25)13-16-3-4-19-20(10-16)29-15-28-19/h3-4,10,14,18H,1-2,5-9,12-13,15H2,(H,23,26)/b17-14-. The van der Waals surface area contributed by atoms with Crippen molar-refractivity contribution in [2.24, 2.45) is 0 Å². The van der Waals surface area contributed by atoms with Gasteiger partial charge in [-0.25, -0.2) is 0 Å². The van der Waals surface area contributed by atoms with Crippen molar-refractivity contribution in [3.63, 3.8) is 0 Å². The van der Waals surface area contributed by atoms with Crippen molar-refractivity contribution in [1.82, 2.24) is 15.1 Å². The quantitative estimate of drug-likeness (QED) is 0.570. The van der Waals surface area contributed by atoms with Crippen LogP contribution in [-0.2, 0) is 16.1 Å². The van der Waals surface area contributed by atoms with Crippen LogP contribution >= 0.6 is 0 Å². The molecule has 29 heavy (non-hydrogen) atoms.